The van der Waals surface area contributed by atoms with Crippen molar-refractivity contribution in [3.05, 3.63) is 53.0 Å². The molecule has 1 aromatic heterocycles. The summed E-state index contributed by atoms with van der Waals surface area (Å²) in [7, 11) is 1.38. The summed E-state index contributed by atoms with van der Waals surface area (Å²) in [4.78, 5) is 18.6. The summed E-state index contributed by atoms with van der Waals surface area (Å²) in [6.45, 7) is 5.65. The second-order valence-electron chi connectivity index (χ2n) is 10.2. The number of aryl methyl sites for hydroxylation is 1. The third-order valence-electron chi connectivity index (χ3n) is 7.33. The third-order valence-corrected chi connectivity index (χ3v) is 7.33. The first-order valence-electron chi connectivity index (χ1n) is 13.0. The molecule has 0 unspecified atom stereocenters. The number of hydrogen-bond donors (Lipinski definition) is 2. The van der Waals surface area contributed by atoms with Crippen LogP contribution in [0.25, 0.3) is 0 Å². The van der Waals surface area contributed by atoms with Crippen molar-refractivity contribution in [3.8, 4) is 5.75 Å². The van der Waals surface area contributed by atoms with E-state index < -0.39 is 17.8 Å². The van der Waals surface area contributed by atoms with Gasteiger partial charge < -0.3 is 19.9 Å². The Morgan fingerprint density at radius 3 is 2.89 bits per heavy atom. The predicted molar refractivity (Wildman–Crippen MR) is 137 cm³/mol. The predicted octanol–water partition coefficient (Wildman–Crippen LogP) is 5.17. The van der Waals surface area contributed by atoms with E-state index in [1.165, 1.54) is 18.7 Å². The number of rotatable bonds is 11. The number of hydrogen-bond acceptors (Lipinski definition) is 6. The maximum absolute atomic E-state index is 14.7. The topological polar surface area (TPSA) is 83.9 Å². The van der Waals surface area contributed by atoms with E-state index in [1.54, 1.807) is 6.07 Å². The number of carbonyl (C=O) groups is 1. The summed E-state index contributed by atoms with van der Waals surface area (Å²) in [5, 5.41) is 13.6. The molecule has 0 radical (unpaired) electrons. The van der Waals surface area contributed by atoms with Gasteiger partial charge in [0.15, 0.2) is 11.6 Å². The van der Waals surface area contributed by atoms with Gasteiger partial charge in [0.05, 0.1) is 13.2 Å². The molecule has 4 rings (SSSR count). The van der Waals surface area contributed by atoms with Crippen LogP contribution in [0.5, 0.6) is 5.75 Å². The highest BCUT2D eigenvalue weighted by atomic mass is 19.1. The van der Waals surface area contributed by atoms with E-state index in [0.29, 0.717) is 31.3 Å². The SMILES string of the molecule is COc1c(F)cc(C(C)C)cc1[C@@H](C(=O)O)N1CC[C@@H](OCCCC[C@@H]2CCc3cccnc3N2)C1. The lowest BCUT2D eigenvalue weighted by atomic mass is 9.95. The van der Waals surface area contributed by atoms with Crippen molar-refractivity contribution in [1.29, 1.82) is 0 Å². The summed E-state index contributed by atoms with van der Waals surface area (Å²) in [5.41, 5.74) is 2.41. The van der Waals surface area contributed by atoms with Gasteiger partial charge in [0.25, 0.3) is 0 Å². The van der Waals surface area contributed by atoms with Gasteiger partial charge in [0.1, 0.15) is 11.9 Å². The maximum Gasteiger partial charge on any atom is 0.325 e. The molecule has 8 heteroatoms. The molecular formula is C28H38FN3O4. The lowest BCUT2D eigenvalue weighted by molar-refractivity contribution is -0.143. The highest BCUT2D eigenvalue weighted by molar-refractivity contribution is 5.77. The molecule has 0 aliphatic carbocycles. The van der Waals surface area contributed by atoms with E-state index in [2.05, 4.69) is 16.4 Å². The van der Waals surface area contributed by atoms with E-state index in [9.17, 15) is 14.3 Å². The number of aromatic nitrogens is 1. The molecule has 36 heavy (non-hydrogen) atoms. The molecule has 3 atom stereocenters. The average molecular weight is 500 g/mol. The van der Waals surface area contributed by atoms with Gasteiger partial charge in [-0.1, -0.05) is 19.9 Å². The number of halogens is 1. The minimum Gasteiger partial charge on any atom is -0.493 e. The molecule has 0 bridgehead atoms. The van der Waals surface area contributed by atoms with Crippen molar-refractivity contribution in [2.75, 3.05) is 32.1 Å². The summed E-state index contributed by atoms with van der Waals surface area (Å²) in [6.07, 6.45) is 7.84. The van der Waals surface area contributed by atoms with Gasteiger partial charge in [-0.25, -0.2) is 9.37 Å². The average Bonchev–Trinajstić information content (AvgIpc) is 3.31. The van der Waals surface area contributed by atoms with Crippen LogP contribution in [0.4, 0.5) is 10.2 Å². The third kappa shape index (κ3) is 6.16. The second-order valence-corrected chi connectivity index (χ2v) is 10.2. The maximum atomic E-state index is 14.7. The molecule has 2 N–H and O–H groups in total. The number of aliphatic carboxylic acids is 1. The molecule has 2 aliphatic rings. The summed E-state index contributed by atoms with van der Waals surface area (Å²) >= 11 is 0. The van der Waals surface area contributed by atoms with Crippen molar-refractivity contribution in [3.63, 3.8) is 0 Å². The highest BCUT2D eigenvalue weighted by Crippen LogP contribution is 2.37. The number of carboxylic acids is 1. The number of benzene rings is 1. The number of anilines is 1. The zero-order valence-corrected chi connectivity index (χ0v) is 21.5. The molecular weight excluding hydrogens is 461 g/mol. The van der Waals surface area contributed by atoms with Crippen LogP contribution in [0.15, 0.2) is 30.5 Å². The standard InChI is InChI=1S/C28H38FN3O4/c1-18(2)20-15-23(26(35-3)24(29)16-20)25(28(33)34)32-13-11-22(17-32)36-14-5-4-8-21-10-9-19-7-6-12-30-27(19)31-21/h6-7,12,15-16,18,21-22,25H,4-5,8-11,13-14,17H2,1-3H3,(H,30,31)(H,33,34)/t21-,22-,25+/m1/s1. The first-order valence-corrected chi connectivity index (χ1v) is 13.0. The zero-order valence-electron chi connectivity index (χ0n) is 21.5. The normalized spacial score (nSPS) is 20.7. The van der Waals surface area contributed by atoms with Crippen molar-refractivity contribution in [1.82, 2.24) is 9.88 Å². The van der Waals surface area contributed by atoms with Crippen LogP contribution in [-0.4, -0.2) is 59.9 Å². The Labute approximate surface area is 213 Å². The second kappa shape index (κ2) is 12.0. The molecule has 0 spiro atoms. The van der Waals surface area contributed by atoms with Gasteiger partial charge >= 0.3 is 5.97 Å². The van der Waals surface area contributed by atoms with E-state index in [0.717, 1.165) is 49.9 Å². The van der Waals surface area contributed by atoms with Gasteiger partial charge in [-0.15, -0.1) is 0 Å². The van der Waals surface area contributed by atoms with Gasteiger partial charge in [-0.3, -0.25) is 9.69 Å². The minimum absolute atomic E-state index is 0.00492. The number of nitrogens with one attached hydrogen (secondary N) is 1. The fourth-order valence-corrected chi connectivity index (χ4v) is 5.32. The first-order chi connectivity index (χ1) is 17.4. The molecule has 7 nitrogen and oxygen atoms in total. The van der Waals surface area contributed by atoms with Crippen molar-refractivity contribution in [2.24, 2.45) is 0 Å². The van der Waals surface area contributed by atoms with Crippen LogP contribution >= 0.6 is 0 Å². The van der Waals surface area contributed by atoms with Crippen LogP contribution < -0.4 is 10.1 Å². The fourth-order valence-electron chi connectivity index (χ4n) is 5.32. The first kappa shape index (κ1) is 26.4. The van der Waals surface area contributed by atoms with E-state index in [-0.39, 0.29) is 17.8 Å². The van der Waals surface area contributed by atoms with Gasteiger partial charge in [-0.2, -0.15) is 0 Å². The molecule has 3 heterocycles. The number of ether oxygens (including phenoxy) is 2. The highest BCUT2D eigenvalue weighted by Gasteiger charge is 2.36. The number of methoxy groups -OCH3 is 1. The Bertz CT molecular complexity index is 1050. The Morgan fingerprint density at radius 2 is 2.14 bits per heavy atom. The molecule has 2 aromatic rings. The van der Waals surface area contributed by atoms with E-state index >= 15 is 0 Å². The number of carboxylic acid groups (broad SMARTS) is 1. The lowest BCUT2D eigenvalue weighted by Gasteiger charge is -2.27. The zero-order chi connectivity index (χ0) is 25.7. The molecule has 1 fully saturated rings. The summed E-state index contributed by atoms with van der Waals surface area (Å²) in [6, 6.07) is 6.79. The molecule has 196 valence electrons. The van der Waals surface area contributed by atoms with Gasteiger partial charge in [0, 0.05) is 37.5 Å². The van der Waals surface area contributed by atoms with Crippen LogP contribution in [0, 0.1) is 5.82 Å². The Hall–Kier alpha value is -2.71. The lowest BCUT2D eigenvalue weighted by Crippen LogP contribution is -2.34. The molecule has 0 amide bonds. The molecule has 1 saturated heterocycles. The van der Waals surface area contributed by atoms with Crippen LogP contribution in [0.3, 0.4) is 0 Å². The monoisotopic (exact) mass is 499 g/mol. The largest absolute Gasteiger partial charge is 0.493 e. The van der Waals surface area contributed by atoms with E-state index in [4.69, 9.17) is 9.47 Å². The van der Waals surface area contributed by atoms with Gasteiger partial charge in [0.2, 0.25) is 0 Å². The van der Waals surface area contributed by atoms with Crippen molar-refractivity contribution in [2.45, 2.75) is 76.5 Å². The summed E-state index contributed by atoms with van der Waals surface area (Å²) < 4.78 is 26.1. The molecule has 1 aromatic carbocycles. The number of unbranched alkanes of at least 4 members (excludes halogenated alkanes) is 1. The van der Waals surface area contributed by atoms with E-state index in [1.807, 2.05) is 31.0 Å². The number of nitrogens with zero attached hydrogens (tertiary/aromatic N) is 2. The smallest absolute Gasteiger partial charge is 0.325 e. The minimum atomic E-state index is -1.01. The molecule has 2 aliphatic heterocycles. The summed E-state index contributed by atoms with van der Waals surface area (Å²) in [5.74, 6) is -0.443. The number of pyridine rings is 1. The van der Waals surface area contributed by atoms with Crippen molar-refractivity contribution < 1.29 is 23.8 Å². The van der Waals surface area contributed by atoms with Crippen molar-refractivity contribution >= 4 is 11.8 Å². The Morgan fingerprint density at radius 1 is 1.31 bits per heavy atom. The quantitative estimate of drug-likeness (QED) is 0.413. The number of likely N-dealkylation sites (tertiary alicyclic amines) is 1. The van der Waals surface area contributed by atoms with Gasteiger partial charge in [-0.05, 0) is 73.8 Å². The molecule has 0 saturated carbocycles. The van der Waals surface area contributed by atoms with Crippen LogP contribution in [0.1, 0.15) is 74.6 Å². The Balaban J connectivity index is 1.27. The fraction of sp³-hybridized carbons (Fsp3) is 0.571. The van der Waals surface area contributed by atoms with Crippen LogP contribution in [0.2, 0.25) is 0 Å². The van der Waals surface area contributed by atoms with Crippen LogP contribution in [-0.2, 0) is 16.0 Å². The number of fused-ring (bicyclic) bond motifs is 1. The Kier molecular flexibility index (Phi) is 8.80.